The number of ketones is 2. The summed E-state index contributed by atoms with van der Waals surface area (Å²) in [5, 5.41) is 0. The molecule has 2 heterocycles. The van der Waals surface area contributed by atoms with Gasteiger partial charge in [-0.05, 0) is 31.6 Å². The summed E-state index contributed by atoms with van der Waals surface area (Å²) in [5.41, 5.74) is -1.53. The molecule has 1 saturated carbocycles. The van der Waals surface area contributed by atoms with E-state index in [-0.39, 0.29) is 29.3 Å². The molecule has 5 atom stereocenters. The highest BCUT2D eigenvalue weighted by Gasteiger charge is 2.69. The standard InChI is InChI=1S/C15H22O3/c1-8(2)15-7-11(16)14(4,18-15)10-6-5-9(3)12(10)13(15)17/h8-10,12H,5-7H2,1-4H3. The average Bonchev–Trinajstić information content (AvgIpc) is 2.77. The lowest BCUT2D eigenvalue weighted by atomic mass is 9.71. The topological polar surface area (TPSA) is 43.4 Å². The molecular weight excluding hydrogens is 228 g/mol. The van der Waals surface area contributed by atoms with Gasteiger partial charge in [0.05, 0.1) is 0 Å². The van der Waals surface area contributed by atoms with E-state index in [1.54, 1.807) is 0 Å². The summed E-state index contributed by atoms with van der Waals surface area (Å²) in [6.07, 6.45) is 2.29. The van der Waals surface area contributed by atoms with Crippen molar-refractivity contribution in [2.45, 2.75) is 58.2 Å². The minimum atomic E-state index is -0.828. The highest BCUT2D eigenvalue weighted by atomic mass is 16.5. The Morgan fingerprint density at radius 1 is 1.28 bits per heavy atom. The molecule has 18 heavy (non-hydrogen) atoms. The van der Waals surface area contributed by atoms with Crippen LogP contribution >= 0.6 is 0 Å². The molecule has 0 radical (unpaired) electrons. The Balaban J connectivity index is 2.13. The van der Waals surface area contributed by atoms with Gasteiger partial charge >= 0.3 is 0 Å². The van der Waals surface area contributed by atoms with Gasteiger partial charge in [0, 0.05) is 18.3 Å². The number of Topliss-reactive ketones (excluding diaryl/α,β-unsaturated/α-hetero) is 2. The van der Waals surface area contributed by atoms with Crippen LogP contribution in [0.1, 0.15) is 47.0 Å². The van der Waals surface area contributed by atoms with Crippen molar-refractivity contribution in [1.29, 1.82) is 0 Å². The molecule has 0 amide bonds. The summed E-state index contributed by atoms with van der Waals surface area (Å²) in [7, 11) is 0. The molecular formula is C15H22O3. The summed E-state index contributed by atoms with van der Waals surface area (Å²) < 4.78 is 6.12. The predicted octanol–water partition coefficient (Wildman–Crippen LogP) is 2.37. The lowest BCUT2D eigenvalue weighted by Gasteiger charge is -2.46. The summed E-state index contributed by atoms with van der Waals surface area (Å²) >= 11 is 0. The number of hydrogen-bond acceptors (Lipinski definition) is 3. The van der Waals surface area contributed by atoms with Crippen LogP contribution < -0.4 is 0 Å². The van der Waals surface area contributed by atoms with Crippen molar-refractivity contribution in [3.8, 4) is 0 Å². The Morgan fingerprint density at radius 3 is 2.56 bits per heavy atom. The van der Waals surface area contributed by atoms with Gasteiger partial charge in [0.25, 0.3) is 0 Å². The third-order valence-electron chi connectivity index (χ3n) is 5.71. The first-order valence-electron chi connectivity index (χ1n) is 7.10. The molecule has 2 bridgehead atoms. The van der Waals surface area contributed by atoms with Gasteiger partial charge in [-0.1, -0.05) is 20.8 Å². The first kappa shape index (κ1) is 12.3. The number of fused-ring (bicyclic) bond motifs is 4. The van der Waals surface area contributed by atoms with Crippen molar-refractivity contribution in [3.63, 3.8) is 0 Å². The van der Waals surface area contributed by atoms with E-state index < -0.39 is 11.2 Å². The molecule has 3 rings (SSSR count). The van der Waals surface area contributed by atoms with Gasteiger partial charge in [-0.3, -0.25) is 9.59 Å². The third-order valence-corrected chi connectivity index (χ3v) is 5.71. The van der Waals surface area contributed by atoms with Crippen molar-refractivity contribution in [3.05, 3.63) is 0 Å². The van der Waals surface area contributed by atoms with E-state index >= 15 is 0 Å². The molecule has 100 valence electrons. The average molecular weight is 250 g/mol. The smallest absolute Gasteiger partial charge is 0.169 e. The molecule has 0 spiro atoms. The first-order valence-corrected chi connectivity index (χ1v) is 7.10. The molecule has 5 unspecified atom stereocenters. The van der Waals surface area contributed by atoms with Crippen LogP contribution in [0.15, 0.2) is 0 Å². The summed E-state index contributed by atoms with van der Waals surface area (Å²) in [6.45, 7) is 8.06. The van der Waals surface area contributed by atoms with Crippen molar-refractivity contribution in [2.75, 3.05) is 0 Å². The Kier molecular flexibility index (Phi) is 2.36. The SMILES string of the molecule is CC1CCC2C1C(=O)C1(C(C)C)CC(=O)C2(C)O1. The zero-order valence-corrected chi connectivity index (χ0v) is 11.7. The van der Waals surface area contributed by atoms with Crippen molar-refractivity contribution < 1.29 is 14.3 Å². The maximum absolute atomic E-state index is 12.8. The minimum absolute atomic E-state index is 0.0394. The fourth-order valence-electron chi connectivity index (χ4n) is 4.45. The van der Waals surface area contributed by atoms with Gasteiger partial charge in [-0.2, -0.15) is 0 Å². The van der Waals surface area contributed by atoms with E-state index in [0.717, 1.165) is 12.8 Å². The second-order valence-electron chi connectivity index (χ2n) is 6.90. The molecule has 3 aliphatic rings. The second kappa shape index (κ2) is 3.44. The quantitative estimate of drug-likeness (QED) is 0.717. The normalized spacial score (nSPS) is 51.1. The summed E-state index contributed by atoms with van der Waals surface area (Å²) in [5.74, 6) is 0.973. The Morgan fingerprint density at radius 2 is 1.94 bits per heavy atom. The van der Waals surface area contributed by atoms with Crippen molar-refractivity contribution >= 4 is 11.6 Å². The zero-order valence-electron chi connectivity index (χ0n) is 11.7. The van der Waals surface area contributed by atoms with Crippen molar-refractivity contribution in [1.82, 2.24) is 0 Å². The molecule has 0 aromatic rings. The summed E-state index contributed by atoms with van der Waals surface area (Å²) in [4.78, 5) is 25.3. The van der Waals surface area contributed by atoms with Gasteiger partial charge in [0.15, 0.2) is 11.6 Å². The Labute approximate surface area is 108 Å². The van der Waals surface area contributed by atoms with Crippen LogP contribution in [0.25, 0.3) is 0 Å². The number of carbonyl (C=O) groups is 2. The second-order valence-corrected chi connectivity index (χ2v) is 6.90. The van der Waals surface area contributed by atoms with Crippen LogP contribution in [-0.2, 0) is 14.3 Å². The lowest BCUT2D eigenvalue weighted by molar-refractivity contribution is -0.197. The minimum Gasteiger partial charge on any atom is -0.352 e. The molecule has 3 fully saturated rings. The molecule has 0 N–H and O–H groups in total. The highest BCUT2D eigenvalue weighted by Crippen LogP contribution is 2.58. The van der Waals surface area contributed by atoms with E-state index in [0.29, 0.717) is 12.3 Å². The molecule has 1 aliphatic carbocycles. The molecule has 0 aromatic carbocycles. The predicted molar refractivity (Wildman–Crippen MR) is 67.1 cm³/mol. The molecule has 0 aromatic heterocycles. The Bertz CT molecular complexity index is 427. The van der Waals surface area contributed by atoms with Gasteiger partial charge in [0.1, 0.15) is 11.2 Å². The maximum atomic E-state index is 12.8. The molecule has 2 saturated heterocycles. The van der Waals surface area contributed by atoms with E-state index in [9.17, 15) is 9.59 Å². The van der Waals surface area contributed by atoms with E-state index in [1.165, 1.54) is 0 Å². The van der Waals surface area contributed by atoms with Crippen molar-refractivity contribution in [2.24, 2.45) is 23.7 Å². The molecule has 2 aliphatic heterocycles. The van der Waals surface area contributed by atoms with Crippen LogP contribution in [0.3, 0.4) is 0 Å². The monoisotopic (exact) mass is 250 g/mol. The van der Waals surface area contributed by atoms with Crippen LogP contribution in [0.2, 0.25) is 0 Å². The van der Waals surface area contributed by atoms with E-state index in [4.69, 9.17) is 4.74 Å². The third kappa shape index (κ3) is 1.19. The van der Waals surface area contributed by atoms with Crippen LogP contribution in [0.5, 0.6) is 0 Å². The number of hydrogen-bond donors (Lipinski definition) is 0. The summed E-state index contributed by atoms with van der Waals surface area (Å²) in [6, 6.07) is 0. The van der Waals surface area contributed by atoms with Crippen LogP contribution in [-0.4, -0.2) is 22.8 Å². The van der Waals surface area contributed by atoms with Gasteiger partial charge in [0.2, 0.25) is 0 Å². The Hall–Kier alpha value is -0.700. The molecule has 3 heteroatoms. The van der Waals surface area contributed by atoms with Crippen LogP contribution in [0.4, 0.5) is 0 Å². The first-order chi connectivity index (χ1) is 8.33. The van der Waals surface area contributed by atoms with E-state index in [1.807, 2.05) is 20.8 Å². The van der Waals surface area contributed by atoms with Gasteiger partial charge in [-0.15, -0.1) is 0 Å². The highest BCUT2D eigenvalue weighted by molar-refractivity contribution is 6.04. The number of carbonyl (C=O) groups excluding carboxylic acids is 2. The zero-order chi connectivity index (χ0) is 13.3. The number of rotatable bonds is 1. The maximum Gasteiger partial charge on any atom is 0.169 e. The largest absolute Gasteiger partial charge is 0.352 e. The lowest BCUT2D eigenvalue weighted by Crippen LogP contribution is -2.58. The van der Waals surface area contributed by atoms with Gasteiger partial charge < -0.3 is 4.74 Å². The fraction of sp³-hybridized carbons (Fsp3) is 0.867. The van der Waals surface area contributed by atoms with Crippen LogP contribution in [0, 0.1) is 23.7 Å². The van der Waals surface area contributed by atoms with E-state index in [2.05, 4.69) is 6.92 Å². The fourth-order valence-corrected chi connectivity index (χ4v) is 4.45. The number of ether oxygens (including phenoxy) is 1. The molecule has 3 nitrogen and oxygen atoms in total. The van der Waals surface area contributed by atoms with Gasteiger partial charge in [-0.25, -0.2) is 0 Å².